The monoisotopic (exact) mass is 594 g/mol. The van der Waals surface area contributed by atoms with E-state index in [1.807, 2.05) is 0 Å². The van der Waals surface area contributed by atoms with Crippen molar-refractivity contribution in [3.8, 4) is 33.8 Å². The van der Waals surface area contributed by atoms with Gasteiger partial charge in [-0.25, -0.2) is 0 Å². The molecule has 0 atom stereocenters. The average molecular weight is 595 g/mol. The largest absolute Gasteiger partial charge is 0.456 e. The van der Waals surface area contributed by atoms with Crippen molar-refractivity contribution in [2.45, 2.75) is 0 Å². The first-order chi connectivity index (χ1) is 23.3. The Hall–Kier alpha value is -6.18. The third-order valence-corrected chi connectivity index (χ3v) is 10.4. The summed E-state index contributed by atoms with van der Waals surface area (Å²) in [5, 5.41) is 17.5. The predicted octanol–water partition coefficient (Wildman–Crippen LogP) is 13.2. The summed E-state index contributed by atoms with van der Waals surface area (Å²) in [4.78, 5) is 0. The molecule has 0 spiro atoms. The molecule has 0 bridgehead atoms. The topological polar surface area (TPSA) is 9.23 Å². The van der Waals surface area contributed by atoms with Crippen LogP contribution in [-0.2, 0) is 0 Å². The minimum atomic E-state index is 0.930. The number of fused-ring (bicyclic) bond motifs is 5. The van der Waals surface area contributed by atoms with Crippen molar-refractivity contribution in [1.82, 2.24) is 0 Å². The molecule has 11 rings (SSSR count). The van der Waals surface area contributed by atoms with E-state index in [1.54, 1.807) is 0 Å². The molecule has 1 heteroatoms. The van der Waals surface area contributed by atoms with Crippen LogP contribution >= 0.6 is 0 Å². The molecule has 0 N–H and O–H groups in total. The van der Waals surface area contributed by atoms with Gasteiger partial charge in [0.2, 0.25) is 0 Å². The fourth-order valence-corrected chi connectivity index (χ4v) is 8.21. The Morgan fingerprint density at radius 3 is 1.87 bits per heavy atom. The van der Waals surface area contributed by atoms with E-state index in [0.29, 0.717) is 0 Å². The van der Waals surface area contributed by atoms with Gasteiger partial charge in [-0.05, 0) is 112 Å². The van der Waals surface area contributed by atoms with Gasteiger partial charge in [0.1, 0.15) is 11.5 Å². The van der Waals surface area contributed by atoms with Crippen molar-refractivity contribution in [2.24, 2.45) is 0 Å². The normalized spacial score (nSPS) is 12.4. The lowest BCUT2D eigenvalue weighted by atomic mass is 9.88. The second-order valence-electron chi connectivity index (χ2n) is 12.9. The lowest BCUT2D eigenvalue weighted by Crippen LogP contribution is -1.96. The summed E-state index contributed by atoms with van der Waals surface area (Å²) in [6.45, 7) is 0. The number of benzene rings is 10. The fraction of sp³-hybridized carbons (Fsp3) is 0. The van der Waals surface area contributed by atoms with Gasteiger partial charge in [0.05, 0.1) is 0 Å². The summed E-state index contributed by atoms with van der Waals surface area (Å²) in [5.41, 5.74) is 4.96. The second kappa shape index (κ2) is 9.19. The molecule has 10 aromatic rings. The molecule has 0 aromatic heterocycles. The standard InChI is InChI=1S/C46H26O/c1-3-9-35-28(6-1)18-20-39-40(35)26-31-7-2-4-10-37(31)43(39)33-17-13-27-12-16-32(24-34(27)25-33)36-22-23-42-46-38(36)21-19-30-15-14-29-8-5-11-41(47-42)44(29)45(30)46/h1-26H. The lowest BCUT2D eigenvalue weighted by Gasteiger charge is -2.21. The maximum atomic E-state index is 6.51. The highest BCUT2D eigenvalue weighted by Gasteiger charge is 2.21. The molecule has 216 valence electrons. The van der Waals surface area contributed by atoms with E-state index >= 15 is 0 Å². The van der Waals surface area contributed by atoms with Crippen molar-refractivity contribution >= 4 is 75.4 Å². The Bertz CT molecular complexity index is 2990. The quantitative estimate of drug-likeness (QED) is 0.143. The Kier molecular flexibility index (Phi) is 4.90. The Labute approximate surface area is 270 Å². The number of ether oxygens (including phenoxy) is 1. The summed E-state index contributed by atoms with van der Waals surface area (Å²) in [5.74, 6) is 1.87. The highest BCUT2D eigenvalue weighted by Crippen LogP contribution is 2.49. The molecule has 0 saturated carbocycles. The fourth-order valence-electron chi connectivity index (χ4n) is 8.21. The van der Waals surface area contributed by atoms with Crippen LogP contribution in [0.25, 0.3) is 97.7 Å². The molecule has 0 unspecified atom stereocenters. The van der Waals surface area contributed by atoms with E-state index in [-0.39, 0.29) is 0 Å². The van der Waals surface area contributed by atoms with Crippen LogP contribution in [0.1, 0.15) is 0 Å². The Morgan fingerprint density at radius 2 is 0.957 bits per heavy atom. The molecule has 0 fully saturated rings. The summed E-state index contributed by atoms with van der Waals surface area (Å²) in [6.07, 6.45) is 0. The smallest absolute Gasteiger partial charge is 0.135 e. The maximum Gasteiger partial charge on any atom is 0.135 e. The predicted molar refractivity (Wildman–Crippen MR) is 200 cm³/mol. The molecule has 1 aliphatic rings. The van der Waals surface area contributed by atoms with Crippen LogP contribution in [0.5, 0.6) is 11.5 Å². The lowest BCUT2D eigenvalue weighted by molar-refractivity contribution is 0.493. The van der Waals surface area contributed by atoms with Gasteiger partial charge >= 0.3 is 0 Å². The van der Waals surface area contributed by atoms with Crippen molar-refractivity contribution in [3.63, 3.8) is 0 Å². The summed E-state index contributed by atoms with van der Waals surface area (Å²) in [7, 11) is 0. The summed E-state index contributed by atoms with van der Waals surface area (Å²) < 4.78 is 6.51. The van der Waals surface area contributed by atoms with Gasteiger partial charge in [0.15, 0.2) is 0 Å². The second-order valence-corrected chi connectivity index (χ2v) is 12.9. The molecule has 1 heterocycles. The zero-order valence-corrected chi connectivity index (χ0v) is 25.4. The molecule has 0 saturated heterocycles. The maximum absolute atomic E-state index is 6.51. The Balaban J connectivity index is 1.15. The molecule has 47 heavy (non-hydrogen) atoms. The van der Waals surface area contributed by atoms with E-state index in [4.69, 9.17) is 4.74 Å². The summed E-state index contributed by atoms with van der Waals surface area (Å²) >= 11 is 0. The van der Waals surface area contributed by atoms with Crippen LogP contribution in [0.2, 0.25) is 0 Å². The van der Waals surface area contributed by atoms with E-state index in [0.717, 1.165) is 11.5 Å². The van der Waals surface area contributed by atoms with Gasteiger partial charge in [-0.1, -0.05) is 127 Å². The first kappa shape index (κ1) is 25.1. The van der Waals surface area contributed by atoms with Crippen LogP contribution in [0, 0.1) is 0 Å². The third kappa shape index (κ3) is 3.49. The van der Waals surface area contributed by atoms with Gasteiger partial charge in [0, 0.05) is 16.2 Å². The van der Waals surface area contributed by atoms with Crippen LogP contribution in [0.4, 0.5) is 0 Å². The SMILES string of the molecule is c1ccc2c(-c3ccc4ccc(-c5ccc6c7c5ccc5ccc8cccc(c8c57)O6)cc4c3)c3ccc4ccccc4c3cc2c1. The first-order valence-electron chi connectivity index (χ1n) is 16.3. The number of rotatable bonds is 2. The van der Waals surface area contributed by atoms with Crippen molar-refractivity contribution in [1.29, 1.82) is 0 Å². The third-order valence-electron chi connectivity index (χ3n) is 10.4. The highest BCUT2D eigenvalue weighted by atomic mass is 16.5. The van der Waals surface area contributed by atoms with Gasteiger partial charge in [0.25, 0.3) is 0 Å². The van der Waals surface area contributed by atoms with Gasteiger partial charge < -0.3 is 4.74 Å². The molecule has 0 aliphatic carbocycles. The molecular weight excluding hydrogens is 569 g/mol. The van der Waals surface area contributed by atoms with Gasteiger partial charge in [-0.3, -0.25) is 0 Å². The molecule has 0 radical (unpaired) electrons. The highest BCUT2D eigenvalue weighted by molar-refractivity contribution is 6.27. The zero-order valence-electron chi connectivity index (χ0n) is 25.4. The summed E-state index contributed by atoms with van der Waals surface area (Å²) in [6, 6.07) is 58.0. The minimum absolute atomic E-state index is 0.930. The van der Waals surface area contributed by atoms with Gasteiger partial charge in [-0.2, -0.15) is 0 Å². The van der Waals surface area contributed by atoms with E-state index < -0.39 is 0 Å². The van der Waals surface area contributed by atoms with Crippen molar-refractivity contribution < 1.29 is 4.74 Å². The first-order valence-corrected chi connectivity index (χ1v) is 16.3. The molecule has 1 nitrogen and oxygen atoms in total. The molecular formula is C46H26O. The van der Waals surface area contributed by atoms with E-state index in [9.17, 15) is 0 Å². The van der Waals surface area contributed by atoms with Crippen LogP contribution in [0.15, 0.2) is 158 Å². The Morgan fingerprint density at radius 1 is 0.298 bits per heavy atom. The molecule has 1 aliphatic heterocycles. The van der Waals surface area contributed by atoms with Crippen molar-refractivity contribution in [2.75, 3.05) is 0 Å². The minimum Gasteiger partial charge on any atom is -0.456 e. The van der Waals surface area contributed by atoms with Crippen LogP contribution < -0.4 is 4.74 Å². The van der Waals surface area contributed by atoms with Gasteiger partial charge in [-0.15, -0.1) is 0 Å². The van der Waals surface area contributed by atoms with E-state index in [1.165, 1.54) is 97.7 Å². The van der Waals surface area contributed by atoms with Crippen LogP contribution in [0.3, 0.4) is 0 Å². The van der Waals surface area contributed by atoms with E-state index in [2.05, 4.69) is 158 Å². The zero-order chi connectivity index (χ0) is 30.6. The number of hydrogen-bond donors (Lipinski definition) is 0. The van der Waals surface area contributed by atoms with Crippen LogP contribution in [-0.4, -0.2) is 0 Å². The molecule has 0 amide bonds. The average Bonchev–Trinajstić information content (AvgIpc) is 3.13. The van der Waals surface area contributed by atoms with Crippen molar-refractivity contribution in [3.05, 3.63) is 158 Å². The molecule has 10 aromatic carbocycles. The number of hydrogen-bond acceptors (Lipinski definition) is 1.